The van der Waals surface area contributed by atoms with Crippen LogP contribution in [0.1, 0.15) is 20.8 Å². The Kier molecular flexibility index (Phi) is 1.12. The lowest BCUT2D eigenvalue weighted by Gasteiger charge is -2.17. The van der Waals surface area contributed by atoms with Gasteiger partial charge in [0.05, 0.1) is 5.70 Å². The summed E-state index contributed by atoms with van der Waals surface area (Å²) in [6, 6.07) is 0. The van der Waals surface area contributed by atoms with Gasteiger partial charge in [0.15, 0.2) is 5.90 Å². The predicted molar refractivity (Wildman–Crippen MR) is 37.4 cm³/mol. The van der Waals surface area contributed by atoms with Gasteiger partial charge >= 0.3 is 0 Å². The summed E-state index contributed by atoms with van der Waals surface area (Å²) in [6.07, 6.45) is 0. The molecular formula is C7H11NO. The van der Waals surface area contributed by atoms with Crippen molar-refractivity contribution in [2.45, 2.75) is 26.4 Å². The molecule has 1 aliphatic heterocycles. The molecule has 9 heavy (non-hydrogen) atoms. The van der Waals surface area contributed by atoms with Gasteiger partial charge in [-0.05, 0) is 13.8 Å². The van der Waals surface area contributed by atoms with E-state index in [-0.39, 0.29) is 5.60 Å². The van der Waals surface area contributed by atoms with Crippen molar-refractivity contribution in [2.75, 3.05) is 0 Å². The van der Waals surface area contributed by atoms with E-state index in [1.54, 1.807) is 0 Å². The van der Waals surface area contributed by atoms with E-state index in [1.807, 2.05) is 20.8 Å². The second kappa shape index (κ2) is 1.59. The molecular weight excluding hydrogens is 114 g/mol. The first-order chi connectivity index (χ1) is 4.02. The molecule has 0 aromatic carbocycles. The quantitative estimate of drug-likeness (QED) is 0.483. The third-order valence-corrected chi connectivity index (χ3v) is 1.39. The Bertz CT molecular complexity index is 179. The van der Waals surface area contributed by atoms with Crippen LogP contribution < -0.4 is 0 Å². The number of hydrogen-bond donors (Lipinski definition) is 0. The molecule has 0 bridgehead atoms. The second-order valence-corrected chi connectivity index (χ2v) is 2.69. The maximum absolute atomic E-state index is 5.31. The lowest BCUT2D eigenvalue weighted by Crippen LogP contribution is -2.21. The second-order valence-electron chi connectivity index (χ2n) is 2.69. The number of rotatable bonds is 0. The minimum Gasteiger partial charge on any atom is -0.469 e. The smallest absolute Gasteiger partial charge is 0.186 e. The van der Waals surface area contributed by atoms with Gasteiger partial charge in [-0.25, -0.2) is 4.99 Å². The van der Waals surface area contributed by atoms with Crippen LogP contribution in [0.2, 0.25) is 0 Å². The summed E-state index contributed by atoms with van der Waals surface area (Å²) in [4.78, 5) is 4.04. The largest absolute Gasteiger partial charge is 0.469 e. The summed E-state index contributed by atoms with van der Waals surface area (Å²) >= 11 is 0. The third-order valence-electron chi connectivity index (χ3n) is 1.39. The van der Waals surface area contributed by atoms with Gasteiger partial charge in [0.25, 0.3) is 0 Å². The molecule has 50 valence electrons. The Hall–Kier alpha value is -0.790. The molecule has 0 amide bonds. The fraction of sp³-hybridized carbons (Fsp3) is 0.571. The van der Waals surface area contributed by atoms with Crippen LogP contribution in [0, 0.1) is 0 Å². The maximum Gasteiger partial charge on any atom is 0.186 e. The maximum atomic E-state index is 5.31. The minimum absolute atomic E-state index is 0.274. The van der Waals surface area contributed by atoms with Crippen LogP contribution in [0.25, 0.3) is 0 Å². The summed E-state index contributed by atoms with van der Waals surface area (Å²) < 4.78 is 5.31. The fourth-order valence-electron chi connectivity index (χ4n) is 0.776. The van der Waals surface area contributed by atoms with E-state index in [0.29, 0.717) is 5.90 Å². The topological polar surface area (TPSA) is 21.6 Å². The minimum atomic E-state index is -0.274. The Morgan fingerprint density at radius 1 is 1.56 bits per heavy atom. The predicted octanol–water partition coefficient (Wildman–Crippen LogP) is 1.73. The summed E-state index contributed by atoms with van der Waals surface area (Å²) in [5.41, 5.74) is 0.532. The third kappa shape index (κ3) is 0.969. The highest BCUT2D eigenvalue weighted by Gasteiger charge is 2.29. The highest BCUT2D eigenvalue weighted by Crippen LogP contribution is 2.26. The molecule has 0 radical (unpaired) electrons. The lowest BCUT2D eigenvalue weighted by molar-refractivity contribution is 0.153. The molecule has 2 nitrogen and oxygen atoms in total. The standard InChI is InChI=1S/C7H11NO/c1-5-7(3,4)9-6(2)8-5/h1H2,2-4H3. The summed E-state index contributed by atoms with van der Waals surface area (Å²) in [5, 5.41) is 0. The van der Waals surface area contributed by atoms with Gasteiger partial charge in [-0.15, -0.1) is 0 Å². The number of ether oxygens (including phenoxy) is 1. The van der Waals surface area contributed by atoms with E-state index in [2.05, 4.69) is 11.6 Å². The van der Waals surface area contributed by atoms with Crippen molar-refractivity contribution in [3.63, 3.8) is 0 Å². The molecule has 0 aromatic rings. The molecule has 0 atom stereocenters. The van der Waals surface area contributed by atoms with Crippen molar-refractivity contribution in [3.05, 3.63) is 12.3 Å². The Balaban J connectivity index is 2.84. The van der Waals surface area contributed by atoms with Crippen molar-refractivity contribution in [1.82, 2.24) is 0 Å². The van der Waals surface area contributed by atoms with Crippen LogP contribution in [0.15, 0.2) is 17.3 Å². The molecule has 1 heterocycles. The van der Waals surface area contributed by atoms with E-state index in [0.717, 1.165) is 5.70 Å². The van der Waals surface area contributed by atoms with Crippen LogP contribution in [0.4, 0.5) is 0 Å². The first kappa shape index (κ1) is 6.33. The molecule has 0 N–H and O–H groups in total. The Morgan fingerprint density at radius 2 is 2.11 bits per heavy atom. The Morgan fingerprint density at radius 3 is 2.22 bits per heavy atom. The first-order valence-corrected chi connectivity index (χ1v) is 2.96. The van der Waals surface area contributed by atoms with Crippen LogP contribution >= 0.6 is 0 Å². The zero-order valence-electron chi connectivity index (χ0n) is 6.06. The van der Waals surface area contributed by atoms with Crippen LogP contribution in [0.3, 0.4) is 0 Å². The van der Waals surface area contributed by atoms with Crippen molar-refractivity contribution in [1.29, 1.82) is 0 Å². The SMILES string of the molecule is C=C1N=C(C)OC1(C)C. The van der Waals surface area contributed by atoms with Crippen LogP contribution in [-0.4, -0.2) is 11.5 Å². The highest BCUT2D eigenvalue weighted by atomic mass is 16.5. The summed E-state index contributed by atoms with van der Waals surface area (Å²) in [5.74, 6) is 0.713. The van der Waals surface area contributed by atoms with Gasteiger partial charge in [-0.3, -0.25) is 0 Å². The molecule has 0 spiro atoms. The van der Waals surface area contributed by atoms with Gasteiger partial charge in [-0.1, -0.05) is 6.58 Å². The fourth-order valence-corrected chi connectivity index (χ4v) is 0.776. The Labute approximate surface area is 55.2 Å². The van der Waals surface area contributed by atoms with Crippen molar-refractivity contribution >= 4 is 5.90 Å². The van der Waals surface area contributed by atoms with Gasteiger partial charge < -0.3 is 4.74 Å². The zero-order valence-corrected chi connectivity index (χ0v) is 6.06. The number of nitrogens with zero attached hydrogens (tertiary/aromatic N) is 1. The van der Waals surface area contributed by atoms with E-state index in [4.69, 9.17) is 4.74 Å². The molecule has 0 aliphatic carbocycles. The highest BCUT2D eigenvalue weighted by molar-refractivity contribution is 5.77. The average molecular weight is 125 g/mol. The molecule has 1 aliphatic rings. The van der Waals surface area contributed by atoms with Crippen molar-refractivity contribution < 1.29 is 4.74 Å². The van der Waals surface area contributed by atoms with E-state index in [1.165, 1.54) is 0 Å². The molecule has 0 saturated heterocycles. The molecule has 0 fully saturated rings. The molecule has 0 saturated carbocycles. The van der Waals surface area contributed by atoms with Crippen LogP contribution in [0.5, 0.6) is 0 Å². The van der Waals surface area contributed by atoms with Gasteiger partial charge in [0.2, 0.25) is 0 Å². The molecule has 1 rings (SSSR count). The molecule has 0 aromatic heterocycles. The monoisotopic (exact) mass is 125 g/mol. The average Bonchev–Trinajstić information content (AvgIpc) is 1.79. The summed E-state index contributed by atoms with van der Waals surface area (Å²) in [6.45, 7) is 9.49. The lowest BCUT2D eigenvalue weighted by atomic mass is 10.1. The van der Waals surface area contributed by atoms with Gasteiger partial charge in [0, 0.05) is 6.92 Å². The van der Waals surface area contributed by atoms with Crippen LogP contribution in [-0.2, 0) is 4.74 Å². The van der Waals surface area contributed by atoms with E-state index >= 15 is 0 Å². The van der Waals surface area contributed by atoms with Gasteiger partial charge in [0.1, 0.15) is 5.60 Å². The normalized spacial score (nSPS) is 23.4. The number of hydrogen-bond acceptors (Lipinski definition) is 2. The number of aliphatic imine (C=N–C) groups is 1. The van der Waals surface area contributed by atoms with Crippen molar-refractivity contribution in [3.8, 4) is 0 Å². The summed E-state index contributed by atoms with van der Waals surface area (Å²) in [7, 11) is 0. The molecule has 0 unspecified atom stereocenters. The van der Waals surface area contributed by atoms with Gasteiger partial charge in [-0.2, -0.15) is 0 Å². The van der Waals surface area contributed by atoms with E-state index in [9.17, 15) is 0 Å². The van der Waals surface area contributed by atoms with E-state index < -0.39 is 0 Å². The van der Waals surface area contributed by atoms with Crippen molar-refractivity contribution in [2.24, 2.45) is 4.99 Å². The molecule has 2 heteroatoms. The zero-order chi connectivity index (χ0) is 7.07. The first-order valence-electron chi connectivity index (χ1n) is 2.96.